The Bertz CT molecular complexity index is 655. The van der Waals surface area contributed by atoms with Gasteiger partial charge in [0.25, 0.3) is 5.91 Å². The van der Waals surface area contributed by atoms with Crippen LogP contribution in [-0.2, 0) is 0 Å². The van der Waals surface area contributed by atoms with E-state index < -0.39 is 0 Å². The fraction of sp³-hybridized carbons (Fsp3) is 0.412. The molecule has 0 radical (unpaired) electrons. The van der Waals surface area contributed by atoms with Crippen molar-refractivity contribution in [1.29, 1.82) is 0 Å². The molecule has 132 valence electrons. The molecule has 0 saturated heterocycles. The van der Waals surface area contributed by atoms with Crippen LogP contribution in [0.2, 0.25) is 0 Å². The van der Waals surface area contributed by atoms with Gasteiger partial charge in [0.1, 0.15) is 4.88 Å². The van der Waals surface area contributed by atoms with Crippen LogP contribution in [0.15, 0.2) is 30.3 Å². The van der Waals surface area contributed by atoms with Crippen molar-refractivity contribution in [2.75, 3.05) is 0 Å². The fourth-order valence-electron chi connectivity index (χ4n) is 2.89. The SMILES string of the molecule is Cc1nc(-c2ccccc2)c(C(=O)NC2CCC(N)CC2)s1.Cl.Cl. The van der Waals surface area contributed by atoms with Crippen LogP contribution >= 0.6 is 36.2 Å². The molecule has 0 aliphatic heterocycles. The van der Waals surface area contributed by atoms with Gasteiger partial charge < -0.3 is 11.1 Å². The number of hydrogen-bond donors (Lipinski definition) is 2. The standard InChI is InChI=1S/C17H21N3OS.2ClH/c1-11-19-15(12-5-3-2-4-6-12)16(22-11)17(21)20-14-9-7-13(18)8-10-14;;/h2-6,13-14H,7-10,18H2,1H3,(H,20,21);2*1H. The van der Waals surface area contributed by atoms with Crippen LogP contribution in [0.4, 0.5) is 0 Å². The van der Waals surface area contributed by atoms with Gasteiger partial charge in [0.2, 0.25) is 0 Å². The van der Waals surface area contributed by atoms with Crippen LogP contribution in [0.5, 0.6) is 0 Å². The van der Waals surface area contributed by atoms with E-state index in [0.717, 1.165) is 41.9 Å². The molecular formula is C17H23Cl2N3OS. The van der Waals surface area contributed by atoms with E-state index in [1.807, 2.05) is 37.3 Å². The predicted octanol–water partition coefficient (Wildman–Crippen LogP) is 3.96. The summed E-state index contributed by atoms with van der Waals surface area (Å²) in [6.07, 6.45) is 3.90. The number of thiazole rings is 1. The summed E-state index contributed by atoms with van der Waals surface area (Å²) in [5.74, 6) is -0.00933. The first-order chi connectivity index (χ1) is 10.6. The van der Waals surface area contributed by atoms with Gasteiger partial charge in [0.05, 0.1) is 10.7 Å². The number of nitrogens with one attached hydrogen (secondary N) is 1. The molecule has 1 amide bonds. The zero-order valence-corrected chi connectivity index (χ0v) is 16.0. The van der Waals surface area contributed by atoms with Crippen LogP contribution < -0.4 is 11.1 Å². The quantitative estimate of drug-likeness (QED) is 0.836. The molecule has 1 heterocycles. The van der Waals surface area contributed by atoms with Gasteiger partial charge in [0.15, 0.2) is 0 Å². The maximum Gasteiger partial charge on any atom is 0.263 e. The summed E-state index contributed by atoms with van der Waals surface area (Å²) < 4.78 is 0. The number of hydrogen-bond acceptors (Lipinski definition) is 4. The van der Waals surface area contributed by atoms with Gasteiger partial charge in [-0.05, 0) is 32.6 Å². The van der Waals surface area contributed by atoms with Gasteiger partial charge in [-0.1, -0.05) is 30.3 Å². The molecule has 2 aromatic rings. The molecule has 0 bridgehead atoms. The number of aryl methyl sites for hydroxylation is 1. The zero-order chi connectivity index (χ0) is 15.5. The van der Waals surface area contributed by atoms with Crippen molar-refractivity contribution < 1.29 is 4.79 Å². The van der Waals surface area contributed by atoms with Crippen molar-refractivity contribution in [2.24, 2.45) is 5.73 Å². The first-order valence-electron chi connectivity index (χ1n) is 7.73. The summed E-state index contributed by atoms with van der Waals surface area (Å²) in [5, 5.41) is 4.07. The second-order valence-electron chi connectivity index (χ2n) is 5.86. The Hall–Kier alpha value is -1.14. The number of carbonyl (C=O) groups excluding carboxylic acids is 1. The maximum absolute atomic E-state index is 12.6. The topological polar surface area (TPSA) is 68.0 Å². The van der Waals surface area contributed by atoms with Crippen molar-refractivity contribution >= 4 is 42.1 Å². The first-order valence-corrected chi connectivity index (χ1v) is 8.54. The van der Waals surface area contributed by atoms with Crippen LogP contribution in [0.1, 0.15) is 40.4 Å². The first kappa shape index (κ1) is 20.9. The summed E-state index contributed by atoms with van der Waals surface area (Å²) in [6, 6.07) is 10.4. The number of benzene rings is 1. The molecule has 0 spiro atoms. The van der Waals surface area contributed by atoms with Crippen LogP contribution in [0.3, 0.4) is 0 Å². The normalized spacial score (nSPS) is 19.8. The Balaban J connectivity index is 0.00000144. The minimum atomic E-state index is -0.00933. The van der Waals surface area contributed by atoms with Gasteiger partial charge >= 0.3 is 0 Å². The van der Waals surface area contributed by atoms with E-state index in [1.54, 1.807) is 0 Å². The van der Waals surface area contributed by atoms with Crippen molar-refractivity contribution in [3.05, 3.63) is 40.2 Å². The lowest BCUT2D eigenvalue weighted by Gasteiger charge is -2.26. The van der Waals surface area contributed by atoms with E-state index in [0.29, 0.717) is 10.9 Å². The highest BCUT2D eigenvalue weighted by molar-refractivity contribution is 7.14. The van der Waals surface area contributed by atoms with Crippen LogP contribution in [0, 0.1) is 6.92 Å². The molecule has 7 heteroatoms. The Labute approximate surface area is 159 Å². The van der Waals surface area contributed by atoms with Crippen molar-refractivity contribution in [1.82, 2.24) is 10.3 Å². The summed E-state index contributed by atoms with van der Waals surface area (Å²) in [7, 11) is 0. The van der Waals surface area contributed by atoms with E-state index in [9.17, 15) is 4.79 Å². The van der Waals surface area contributed by atoms with E-state index in [-0.39, 0.29) is 36.8 Å². The van der Waals surface area contributed by atoms with Gasteiger partial charge in [-0.15, -0.1) is 36.2 Å². The molecule has 0 atom stereocenters. The molecule has 3 N–H and O–H groups in total. The lowest BCUT2D eigenvalue weighted by atomic mass is 9.92. The van der Waals surface area contributed by atoms with Crippen LogP contribution in [0.25, 0.3) is 11.3 Å². The number of nitrogens with two attached hydrogens (primary N) is 1. The minimum Gasteiger partial charge on any atom is -0.349 e. The van der Waals surface area contributed by atoms with Gasteiger partial charge in [-0.25, -0.2) is 4.98 Å². The lowest BCUT2D eigenvalue weighted by Crippen LogP contribution is -2.40. The number of aromatic nitrogens is 1. The molecular weight excluding hydrogens is 365 g/mol. The number of halogens is 2. The highest BCUT2D eigenvalue weighted by Gasteiger charge is 2.23. The average molecular weight is 388 g/mol. The molecule has 0 unspecified atom stereocenters. The zero-order valence-electron chi connectivity index (χ0n) is 13.5. The highest BCUT2D eigenvalue weighted by atomic mass is 35.5. The largest absolute Gasteiger partial charge is 0.349 e. The fourth-order valence-corrected chi connectivity index (χ4v) is 3.73. The third kappa shape index (κ3) is 4.93. The van der Waals surface area contributed by atoms with E-state index in [1.165, 1.54) is 11.3 Å². The lowest BCUT2D eigenvalue weighted by molar-refractivity contribution is 0.0930. The predicted molar refractivity (Wildman–Crippen MR) is 104 cm³/mol. The van der Waals surface area contributed by atoms with Crippen molar-refractivity contribution in [3.8, 4) is 11.3 Å². The maximum atomic E-state index is 12.6. The molecule has 4 nitrogen and oxygen atoms in total. The molecule has 1 aromatic carbocycles. The molecule has 1 saturated carbocycles. The second kappa shape index (κ2) is 9.37. The Morgan fingerprint density at radius 2 is 1.79 bits per heavy atom. The molecule has 1 fully saturated rings. The second-order valence-corrected chi connectivity index (χ2v) is 7.07. The van der Waals surface area contributed by atoms with E-state index in [2.05, 4.69) is 10.3 Å². The van der Waals surface area contributed by atoms with Gasteiger partial charge in [-0.2, -0.15) is 0 Å². The Kier molecular flexibility index (Phi) is 8.16. The Morgan fingerprint density at radius 1 is 1.17 bits per heavy atom. The number of nitrogens with zero attached hydrogens (tertiary/aromatic N) is 1. The molecule has 3 rings (SSSR count). The molecule has 1 aliphatic rings. The third-order valence-electron chi connectivity index (χ3n) is 4.09. The van der Waals surface area contributed by atoms with Crippen molar-refractivity contribution in [2.45, 2.75) is 44.7 Å². The van der Waals surface area contributed by atoms with Crippen molar-refractivity contribution in [3.63, 3.8) is 0 Å². The highest BCUT2D eigenvalue weighted by Crippen LogP contribution is 2.28. The van der Waals surface area contributed by atoms with E-state index >= 15 is 0 Å². The van der Waals surface area contributed by atoms with Crippen LogP contribution in [-0.4, -0.2) is 23.0 Å². The minimum absolute atomic E-state index is 0. The molecule has 1 aromatic heterocycles. The van der Waals surface area contributed by atoms with E-state index in [4.69, 9.17) is 5.73 Å². The monoisotopic (exact) mass is 387 g/mol. The number of amides is 1. The summed E-state index contributed by atoms with van der Waals surface area (Å²) in [5.41, 5.74) is 7.70. The number of rotatable bonds is 3. The molecule has 1 aliphatic carbocycles. The summed E-state index contributed by atoms with van der Waals surface area (Å²) in [6.45, 7) is 1.94. The average Bonchev–Trinajstić information content (AvgIpc) is 2.92. The number of carbonyl (C=O) groups is 1. The summed E-state index contributed by atoms with van der Waals surface area (Å²) >= 11 is 1.46. The van der Waals surface area contributed by atoms with Gasteiger partial charge in [-0.3, -0.25) is 4.79 Å². The van der Waals surface area contributed by atoms with Gasteiger partial charge in [0, 0.05) is 17.6 Å². The summed E-state index contributed by atoms with van der Waals surface area (Å²) in [4.78, 5) is 17.9. The third-order valence-corrected chi connectivity index (χ3v) is 5.06. The Morgan fingerprint density at radius 3 is 2.42 bits per heavy atom. The molecule has 24 heavy (non-hydrogen) atoms. The smallest absolute Gasteiger partial charge is 0.263 e.